The Balaban J connectivity index is 2.86. The van der Waals surface area contributed by atoms with Crippen molar-refractivity contribution in [1.82, 2.24) is 9.36 Å². The van der Waals surface area contributed by atoms with Gasteiger partial charge in [-0.1, -0.05) is 0 Å². The first-order chi connectivity index (χ1) is 5.27. The number of pyridine rings is 1. The average molecular weight is 229 g/mol. The van der Waals surface area contributed by atoms with Crippen molar-refractivity contribution >= 4 is 37.5 Å². The van der Waals surface area contributed by atoms with Gasteiger partial charge in [-0.05, 0) is 40.5 Å². The molecule has 56 valence electrons. The van der Waals surface area contributed by atoms with Crippen LogP contribution in [0.25, 0.3) is 10.1 Å². The van der Waals surface area contributed by atoms with E-state index in [1.54, 1.807) is 0 Å². The lowest BCUT2D eigenvalue weighted by Gasteiger charge is -1.89. The van der Waals surface area contributed by atoms with Crippen LogP contribution in [-0.4, -0.2) is 9.36 Å². The van der Waals surface area contributed by atoms with E-state index in [9.17, 15) is 0 Å². The number of aromatic nitrogens is 2. The summed E-state index contributed by atoms with van der Waals surface area (Å²) in [4.78, 5) is 4.18. The summed E-state index contributed by atoms with van der Waals surface area (Å²) in [5.41, 5.74) is 1.04. The maximum absolute atomic E-state index is 4.18. The van der Waals surface area contributed by atoms with E-state index >= 15 is 0 Å². The van der Waals surface area contributed by atoms with E-state index in [2.05, 4.69) is 25.3 Å². The van der Waals surface area contributed by atoms with Crippen molar-refractivity contribution in [3.63, 3.8) is 0 Å². The maximum atomic E-state index is 4.18. The van der Waals surface area contributed by atoms with Gasteiger partial charge < -0.3 is 0 Å². The van der Waals surface area contributed by atoms with E-state index in [1.807, 2.05) is 19.2 Å². The van der Waals surface area contributed by atoms with E-state index in [4.69, 9.17) is 0 Å². The molecule has 0 amide bonds. The van der Waals surface area contributed by atoms with Gasteiger partial charge in [-0.25, -0.2) is 0 Å². The monoisotopic (exact) mass is 228 g/mol. The summed E-state index contributed by atoms with van der Waals surface area (Å²) < 4.78 is 6.23. The van der Waals surface area contributed by atoms with Crippen LogP contribution in [0.5, 0.6) is 0 Å². The number of fused-ring (bicyclic) bond motifs is 1. The van der Waals surface area contributed by atoms with Crippen molar-refractivity contribution in [2.75, 3.05) is 0 Å². The number of rotatable bonds is 0. The topological polar surface area (TPSA) is 25.8 Å². The minimum atomic E-state index is 0.894. The molecule has 0 aromatic carbocycles. The lowest BCUT2D eigenvalue weighted by Crippen LogP contribution is -1.76. The third kappa shape index (κ3) is 1.16. The minimum Gasteiger partial charge on any atom is -0.261 e. The summed E-state index contributed by atoms with van der Waals surface area (Å²) in [6, 6.07) is 2.04. The quantitative estimate of drug-likeness (QED) is 0.694. The zero-order chi connectivity index (χ0) is 7.84. The van der Waals surface area contributed by atoms with Crippen LogP contribution in [-0.2, 0) is 0 Å². The number of aryl methyl sites for hydroxylation is 1. The van der Waals surface area contributed by atoms with Crippen LogP contribution in [0.3, 0.4) is 0 Å². The van der Waals surface area contributed by atoms with Gasteiger partial charge in [0.05, 0.1) is 4.70 Å². The molecule has 0 radical (unpaired) electrons. The molecule has 0 atom stereocenters. The Kier molecular flexibility index (Phi) is 1.65. The molecule has 0 unspecified atom stereocenters. The first-order valence-corrected chi connectivity index (χ1v) is 4.71. The molecule has 4 heteroatoms. The van der Waals surface area contributed by atoms with Crippen molar-refractivity contribution in [3.05, 3.63) is 22.6 Å². The van der Waals surface area contributed by atoms with Crippen LogP contribution in [0.15, 0.2) is 16.9 Å². The van der Waals surface area contributed by atoms with Crippen LogP contribution in [0.1, 0.15) is 5.69 Å². The number of hydrogen-bond acceptors (Lipinski definition) is 3. The summed E-state index contributed by atoms with van der Waals surface area (Å²) in [5.74, 6) is 0. The van der Waals surface area contributed by atoms with E-state index in [-0.39, 0.29) is 0 Å². The zero-order valence-corrected chi connectivity index (χ0v) is 8.24. The van der Waals surface area contributed by atoms with Crippen molar-refractivity contribution in [2.24, 2.45) is 0 Å². The zero-order valence-electron chi connectivity index (χ0n) is 5.84. The second-order valence-corrected chi connectivity index (χ2v) is 3.85. The molecule has 0 bridgehead atoms. The van der Waals surface area contributed by atoms with Gasteiger partial charge in [0, 0.05) is 17.3 Å². The Hall–Kier alpha value is -0.480. The van der Waals surface area contributed by atoms with Crippen molar-refractivity contribution < 1.29 is 0 Å². The van der Waals surface area contributed by atoms with Crippen LogP contribution < -0.4 is 0 Å². The Morgan fingerprint density at radius 1 is 1.55 bits per heavy atom. The Morgan fingerprint density at radius 2 is 2.36 bits per heavy atom. The number of nitrogens with zero attached hydrogens (tertiary/aromatic N) is 2. The highest BCUT2D eigenvalue weighted by molar-refractivity contribution is 9.10. The second-order valence-electron chi connectivity index (χ2n) is 2.30. The van der Waals surface area contributed by atoms with Gasteiger partial charge in [-0.3, -0.25) is 4.98 Å². The van der Waals surface area contributed by atoms with Crippen molar-refractivity contribution in [3.8, 4) is 0 Å². The van der Waals surface area contributed by atoms with Gasteiger partial charge in [-0.15, -0.1) is 0 Å². The van der Waals surface area contributed by atoms with Gasteiger partial charge in [0.15, 0.2) is 0 Å². The van der Waals surface area contributed by atoms with Gasteiger partial charge >= 0.3 is 0 Å². The highest BCUT2D eigenvalue weighted by atomic mass is 79.9. The molecule has 2 aromatic heterocycles. The summed E-state index contributed by atoms with van der Waals surface area (Å²) in [7, 11) is 0. The van der Waals surface area contributed by atoms with Crippen molar-refractivity contribution in [2.45, 2.75) is 6.92 Å². The van der Waals surface area contributed by atoms with Gasteiger partial charge in [-0.2, -0.15) is 4.37 Å². The molecule has 0 aliphatic carbocycles. The summed E-state index contributed by atoms with van der Waals surface area (Å²) >= 11 is 4.84. The molecule has 0 aliphatic rings. The molecule has 0 fully saturated rings. The van der Waals surface area contributed by atoms with E-state index < -0.39 is 0 Å². The Morgan fingerprint density at radius 3 is 3.18 bits per heavy atom. The van der Waals surface area contributed by atoms with Gasteiger partial charge in [0.2, 0.25) is 0 Å². The average Bonchev–Trinajstić information content (AvgIpc) is 2.32. The molecule has 0 aliphatic heterocycles. The molecule has 2 rings (SSSR count). The molecule has 0 spiro atoms. The third-order valence-electron chi connectivity index (χ3n) is 1.45. The molecular weight excluding hydrogens is 224 g/mol. The largest absolute Gasteiger partial charge is 0.261 e. The fourth-order valence-corrected chi connectivity index (χ4v) is 2.32. The molecular formula is C7H5BrN2S. The predicted octanol–water partition coefficient (Wildman–Crippen LogP) is 2.76. The van der Waals surface area contributed by atoms with Crippen LogP contribution >= 0.6 is 27.5 Å². The normalized spacial score (nSPS) is 10.7. The standard InChI is InChI=1S/C7H5BrN2S/c1-4-2-6-5(3-9-4)7(8)10-11-6/h2-3H,1H3. The lowest BCUT2D eigenvalue weighted by molar-refractivity contribution is 1.23. The van der Waals surface area contributed by atoms with E-state index in [0.29, 0.717) is 0 Å². The van der Waals surface area contributed by atoms with Crippen LogP contribution in [0.2, 0.25) is 0 Å². The Bertz CT molecular complexity index is 396. The Labute approximate surface area is 76.6 Å². The molecule has 0 saturated carbocycles. The molecule has 2 nitrogen and oxygen atoms in total. The maximum Gasteiger partial charge on any atom is 0.129 e. The first kappa shape index (κ1) is 7.18. The smallest absolute Gasteiger partial charge is 0.129 e. The molecule has 0 saturated heterocycles. The van der Waals surface area contributed by atoms with Crippen LogP contribution in [0, 0.1) is 6.92 Å². The van der Waals surface area contributed by atoms with Crippen LogP contribution in [0.4, 0.5) is 0 Å². The minimum absolute atomic E-state index is 0.894. The van der Waals surface area contributed by atoms with Crippen molar-refractivity contribution in [1.29, 1.82) is 0 Å². The number of hydrogen-bond donors (Lipinski definition) is 0. The molecule has 2 aromatic rings. The van der Waals surface area contributed by atoms with Gasteiger partial charge in [0.25, 0.3) is 0 Å². The summed E-state index contributed by atoms with van der Waals surface area (Å²) in [6.07, 6.45) is 1.85. The highest BCUT2D eigenvalue weighted by Gasteiger charge is 2.02. The number of halogens is 1. The first-order valence-electron chi connectivity index (χ1n) is 3.15. The molecule has 11 heavy (non-hydrogen) atoms. The summed E-state index contributed by atoms with van der Waals surface area (Å²) in [5, 5.41) is 1.10. The van der Waals surface area contributed by atoms with E-state index in [1.165, 1.54) is 16.2 Å². The van der Waals surface area contributed by atoms with E-state index in [0.717, 1.165) is 15.7 Å². The third-order valence-corrected chi connectivity index (χ3v) is 3.10. The predicted molar refractivity (Wildman–Crippen MR) is 49.9 cm³/mol. The molecule has 0 N–H and O–H groups in total. The summed E-state index contributed by atoms with van der Waals surface area (Å²) in [6.45, 7) is 1.98. The molecule has 2 heterocycles. The SMILES string of the molecule is Cc1cc2snc(Br)c2cn1. The fourth-order valence-electron chi connectivity index (χ4n) is 0.904. The van der Waals surface area contributed by atoms with Gasteiger partial charge in [0.1, 0.15) is 4.60 Å². The lowest BCUT2D eigenvalue weighted by atomic mass is 10.3. The highest BCUT2D eigenvalue weighted by Crippen LogP contribution is 2.25. The second kappa shape index (κ2) is 2.53. The fraction of sp³-hybridized carbons (Fsp3) is 0.143.